The number of nitrogens with zero attached hydrogens (tertiary/aromatic N) is 4. The van der Waals surface area contributed by atoms with Crippen LogP contribution in [-0.2, 0) is 13.0 Å². The Morgan fingerprint density at radius 1 is 1.24 bits per heavy atom. The molecule has 0 amide bonds. The molecule has 0 bridgehead atoms. The molecular formula is C15H15ClN4O. The number of hydrogen-bond donors (Lipinski definition) is 0. The number of aryl methyl sites for hydroxylation is 4. The molecule has 0 atom stereocenters. The third-order valence-corrected chi connectivity index (χ3v) is 3.55. The highest BCUT2D eigenvalue weighted by molar-refractivity contribution is 6.33. The van der Waals surface area contributed by atoms with E-state index in [9.17, 15) is 0 Å². The molecule has 108 valence electrons. The van der Waals surface area contributed by atoms with Gasteiger partial charge in [-0.2, -0.15) is 10.1 Å². The summed E-state index contributed by atoms with van der Waals surface area (Å²) in [4.78, 5) is 4.39. The van der Waals surface area contributed by atoms with Gasteiger partial charge >= 0.3 is 0 Å². The zero-order valence-electron chi connectivity index (χ0n) is 11.9. The van der Waals surface area contributed by atoms with Crippen LogP contribution >= 0.6 is 11.6 Å². The molecule has 0 aliphatic rings. The first-order valence-electron chi connectivity index (χ1n) is 6.72. The van der Waals surface area contributed by atoms with Crippen LogP contribution in [0.4, 0.5) is 0 Å². The molecule has 0 saturated carbocycles. The van der Waals surface area contributed by atoms with Crippen molar-refractivity contribution in [2.75, 3.05) is 0 Å². The molecule has 21 heavy (non-hydrogen) atoms. The van der Waals surface area contributed by atoms with E-state index in [4.69, 9.17) is 16.1 Å². The summed E-state index contributed by atoms with van der Waals surface area (Å²) >= 11 is 6.13. The van der Waals surface area contributed by atoms with Crippen molar-refractivity contribution >= 4 is 11.6 Å². The quantitative estimate of drug-likeness (QED) is 0.740. The van der Waals surface area contributed by atoms with Gasteiger partial charge in [0.25, 0.3) is 0 Å². The first kappa shape index (κ1) is 13.8. The smallest absolute Gasteiger partial charge is 0.228 e. The molecule has 0 N–H and O–H groups in total. The highest BCUT2D eigenvalue weighted by Crippen LogP contribution is 2.24. The van der Waals surface area contributed by atoms with Gasteiger partial charge in [-0.05, 0) is 32.0 Å². The maximum atomic E-state index is 6.13. The normalized spacial score (nSPS) is 11.0. The van der Waals surface area contributed by atoms with Crippen molar-refractivity contribution < 1.29 is 4.52 Å². The Morgan fingerprint density at radius 2 is 2.05 bits per heavy atom. The molecule has 0 aliphatic heterocycles. The third-order valence-electron chi connectivity index (χ3n) is 3.22. The lowest BCUT2D eigenvalue weighted by Gasteiger charge is -2.00. The van der Waals surface area contributed by atoms with Gasteiger partial charge in [0.15, 0.2) is 0 Å². The molecule has 0 unspecified atom stereocenters. The Kier molecular flexibility index (Phi) is 3.75. The van der Waals surface area contributed by atoms with Crippen LogP contribution in [0.1, 0.15) is 17.3 Å². The first-order chi connectivity index (χ1) is 10.1. The van der Waals surface area contributed by atoms with Gasteiger partial charge in [-0.15, -0.1) is 0 Å². The Hall–Kier alpha value is -2.14. The summed E-state index contributed by atoms with van der Waals surface area (Å²) in [5, 5.41) is 9.01. The van der Waals surface area contributed by atoms with Crippen molar-refractivity contribution in [3.8, 4) is 11.4 Å². The highest BCUT2D eigenvalue weighted by atomic mass is 35.5. The molecule has 3 rings (SSSR count). The molecule has 5 nitrogen and oxygen atoms in total. The Balaban J connectivity index is 1.74. The summed E-state index contributed by atoms with van der Waals surface area (Å²) in [5.74, 6) is 1.10. The second-order valence-electron chi connectivity index (χ2n) is 4.89. The van der Waals surface area contributed by atoms with Crippen molar-refractivity contribution in [3.05, 3.63) is 52.6 Å². The van der Waals surface area contributed by atoms with Gasteiger partial charge in [0, 0.05) is 24.2 Å². The Labute approximate surface area is 127 Å². The number of halogens is 1. The number of rotatable bonds is 4. The molecule has 2 aromatic heterocycles. The summed E-state index contributed by atoms with van der Waals surface area (Å²) < 4.78 is 7.22. The van der Waals surface area contributed by atoms with Crippen LogP contribution in [-0.4, -0.2) is 19.9 Å². The Bertz CT molecular complexity index is 763. The highest BCUT2D eigenvalue weighted by Gasteiger charge is 2.12. The van der Waals surface area contributed by atoms with Crippen LogP contribution < -0.4 is 0 Å². The van der Waals surface area contributed by atoms with E-state index in [1.165, 1.54) is 0 Å². The van der Waals surface area contributed by atoms with Crippen molar-refractivity contribution in [2.45, 2.75) is 26.8 Å². The maximum absolute atomic E-state index is 6.13. The molecule has 0 spiro atoms. The SMILES string of the molecule is Cc1cc(C)n(CCc2nc(-c3ccccc3Cl)no2)n1. The van der Waals surface area contributed by atoms with E-state index in [-0.39, 0.29) is 0 Å². The predicted octanol–water partition coefficient (Wildman–Crippen LogP) is 3.45. The fourth-order valence-corrected chi connectivity index (χ4v) is 2.43. The summed E-state index contributed by atoms with van der Waals surface area (Å²) in [6, 6.07) is 9.49. The molecule has 0 fully saturated rings. The summed E-state index contributed by atoms with van der Waals surface area (Å²) in [7, 11) is 0. The lowest BCUT2D eigenvalue weighted by Crippen LogP contribution is -2.05. The van der Waals surface area contributed by atoms with E-state index in [0.29, 0.717) is 29.7 Å². The standard InChI is InChI=1S/C15H15ClN4O/c1-10-9-11(2)20(18-10)8-7-14-17-15(19-21-14)12-5-3-4-6-13(12)16/h3-6,9H,7-8H2,1-2H3. The van der Waals surface area contributed by atoms with Gasteiger partial charge in [-0.1, -0.05) is 28.9 Å². The minimum absolute atomic E-state index is 0.518. The minimum Gasteiger partial charge on any atom is -0.339 e. The van der Waals surface area contributed by atoms with Gasteiger partial charge in [-0.25, -0.2) is 0 Å². The van der Waals surface area contributed by atoms with Crippen LogP contribution in [0.25, 0.3) is 11.4 Å². The van der Waals surface area contributed by atoms with Gasteiger partial charge in [0.05, 0.1) is 10.7 Å². The number of benzene rings is 1. The molecule has 2 heterocycles. The van der Waals surface area contributed by atoms with Gasteiger partial charge in [-0.3, -0.25) is 4.68 Å². The zero-order chi connectivity index (χ0) is 14.8. The fourth-order valence-electron chi connectivity index (χ4n) is 2.21. The molecule has 0 radical (unpaired) electrons. The molecule has 6 heteroatoms. The van der Waals surface area contributed by atoms with Gasteiger partial charge in [0.1, 0.15) is 0 Å². The second kappa shape index (κ2) is 5.69. The minimum atomic E-state index is 0.518. The predicted molar refractivity (Wildman–Crippen MR) is 80.1 cm³/mol. The summed E-state index contributed by atoms with van der Waals surface area (Å²) in [6.45, 7) is 4.72. The number of hydrogen-bond acceptors (Lipinski definition) is 4. The van der Waals surface area contributed by atoms with Crippen LogP contribution in [0.3, 0.4) is 0 Å². The van der Waals surface area contributed by atoms with Crippen molar-refractivity contribution in [1.29, 1.82) is 0 Å². The second-order valence-corrected chi connectivity index (χ2v) is 5.30. The van der Waals surface area contributed by atoms with Crippen LogP contribution in [0, 0.1) is 13.8 Å². The van der Waals surface area contributed by atoms with Gasteiger partial charge in [0.2, 0.25) is 11.7 Å². The molecule has 3 aromatic rings. The van der Waals surface area contributed by atoms with E-state index in [1.54, 1.807) is 0 Å². The molecule has 0 saturated heterocycles. The number of aromatic nitrogens is 4. The van der Waals surface area contributed by atoms with Gasteiger partial charge < -0.3 is 4.52 Å². The molecular weight excluding hydrogens is 288 g/mol. The summed E-state index contributed by atoms with van der Waals surface area (Å²) in [6.07, 6.45) is 0.638. The molecule has 1 aromatic carbocycles. The topological polar surface area (TPSA) is 56.7 Å². The van der Waals surface area contributed by atoms with Crippen LogP contribution in [0.15, 0.2) is 34.9 Å². The maximum Gasteiger partial charge on any atom is 0.228 e. The largest absolute Gasteiger partial charge is 0.339 e. The van der Waals surface area contributed by atoms with Crippen LogP contribution in [0.5, 0.6) is 0 Å². The van der Waals surface area contributed by atoms with E-state index >= 15 is 0 Å². The molecule has 0 aliphatic carbocycles. The monoisotopic (exact) mass is 302 g/mol. The van der Waals surface area contributed by atoms with E-state index < -0.39 is 0 Å². The lowest BCUT2D eigenvalue weighted by molar-refractivity contribution is 0.368. The average Bonchev–Trinajstić information content (AvgIpc) is 3.04. The third kappa shape index (κ3) is 2.97. The van der Waals surface area contributed by atoms with Crippen molar-refractivity contribution in [1.82, 2.24) is 19.9 Å². The summed E-state index contributed by atoms with van der Waals surface area (Å²) in [5.41, 5.74) is 2.91. The average molecular weight is 303 g/mol. The zero-order valence-corrected chi connectivity index (χ0v) is 12.6. The van der Waals surface area contributed by atoms with Crippen molar-refractivity contribution in [3.63, 3.8) is 0 Å². The van der Waals surface area contributed by atoms with E-state index in [0.717, 1.165) is 17.0 Å². The fraction of sp³-hybridized carbons (Fsp3) is 0.267. The van der Waals surface area contributed by atoms with E-state index in [2.05, 4.69) is 15.2 Å². The van der Waals surface area contributed by atoms with Crippen LogP contribution in [0.2, 0.25) is 5.02 Å². The Morgan fingerprint density at radius 3 is 2.76 bits per heavy atom. The first-order valence-corrected chi connectivity index (χ1v) is 7.10. The van der Waals surface area contributed by atoms with E-state index in [1.807, 2.05) is 48.9 Å². The van der Waals surface area contributed by atoms with Crippen molar-refractivity contribution in [2.24, 2.45) is 0 Å². The lowest BCUT2D eigenvalue weighted by atomic mass is 10.2.